The third kappa shape index (κ3) is 4.95. The molecule has 8 nitrogen and oxygen atoms in total. The fourth-order valence-electron chi connectivity index (χ4n) is 5.16. The predicted molar refractivity (Wildman–Crippen MR) is 137 cm³/mol. The van der Waals surface area contributed by atoms with Crippen molar-refractivity contribution in [2.45, 2.75) is 43.8 Å². The Kier molecular flexibility index (Phi) is 6.72. The van der Waals surface area contributed by atoms with Crippen LogP contribution >= 0.6 is 0 Å². The summed E-state index contributed by atoms with van der Waals surface area (Å²) in [4.78, 5) is 53.3. The van der Waals surface area contributed by atoms with Crippen LogP contribution in [0.4, 0.5) is 5.69 Å². The van der Waals surface area contributed by atoms with E-state index in [9.17, 15) is 24.3 Å². The summed E-state index contributed by atoms with van der Waals surface area (Å²) in [6, 6.07) is 20.7. The summed E-state index contributed by atoms with van der Waals surface area (Å²) in [5.41, 5.74) is 3.75. The number of hydrogen-bond donors (Lipinski definition) is 3. The molecule has 5 rings (SSSR count). The van der Waals surface area contributed by atoms with Crippen LogP contribution in [0.25, 0.3) is 0 Å². The highest BCUT2D eigenvalue weighted by Gasteiger charge is 2.44. The van der Waals surface area contributed by atoms with Crippen molar-refractivity contribution in [2.75, 3.05) is 4.90 Å². The van der Waals surface area contributed by atoms with E-state index in [-0.39, 0.29) is 18.7 Å². The van der Waals surface area contributed by atoms with Crippen molar-refractivity contribution in [3.05, 3.63) is 101 Å². The van der Waals surface area contributed by atoms with E-state index in [0.29, 0.717) is 24.1 Å². The maximum atomic E-state index is 13.6. The van der Waals surface area contributed by atoms with Crippen molar-refractivity contribution in [1.82, 2.24) is 10.6 Å². The maximum absolute atomic E-state index is 13.6. The molecule has 3 atom stereocenters. The maximum Gasteiger partial charge on any atom is 0.327 e. The SMILES string of the molecule is O=C(Cc1ccccc1)N[C@H](C(=O)N[C@H]1CCc2cccc3c2N(C1=O)[C@H](C(=O)O)C3)c1ccccc1. The predicted octanol–water partition coefficient (Wildman–Crippen LogP) is 2.56. The number of benzene rings is 3. The van der Waals surface area contributed by atoms with Gasteiger partial charge in [-0.15, -0.1) is 0 Å². The van der Waals surface area contributed by atoms with Crippen LogP contribution in [-0.4, -0.2) is 40.9 Å². The van der Waals surface area contributed by atoms with E-state index in [1.165, 1.54) is 4.90 Å². The van der Waals surface area contributed by atoms with Gasteiger partial charge in [0.25, 0.3) is 0 Å². The molecule has 8 heteroatoms. The number of carbonyl (C=O) groups is 4. The van der Waals surface area contributed by atoms with Crippen LogP contribution in [-0.2, 0) is 38.4 Å². The number of rotatable bonds is 7. The molecule has 3 aromatic rings. The molecule has 0 spiro atoms. The van der Waals surface area contributed by atoms with Crippen molar-refractivity contribution in [3.8, 4) is 0 Å². The molecule has 3 N–H and O–H groups in total. The van der Waals surface area contributed by atoms with Gasteiger partial charge in [-0.1, -0.05) is 78.9 Å². The van der Waals surface area contributed by atoms with Crippen LogP contribution in [0.2, 0.25) is 0 Å². The van der Waals surface area contributed by atoms with Gasteiger partial charge in [0.2, 0.25) is 17.7 Å². The quantitative estimate of drug-likeness (QED) is 0.464. The summed E-state index contributed by atoms with van der Waals surface area (Å²) in [6.45, 7) is 0. The number of carboxylic acids is 1. The molecule has 0 aromatic heterocycles. The van der Waals surface area contributed by atoms with Crippen molar-refractivity contribution < 1.29 is 24.3 Å². The van der Waals surface area contributed by atoms with Crippen LogP contribution in [0.1, 0.15) is 34.7 Å². The Hall–Kier alpha value is -4.46. The highest BCUT2D eigenvalue weighted by Crippen LogP contribution is 2.39. The minimum Gasteiger partial charge on any atom is -0.480 e. The van der Waals surface area contributed by atoms with E-state index >= 15 is 0 Å². The fraction of sp³-hybridized carbons (Fsp3) is 0.241. The molecule has 37 heavy (non-hydrogen) atoms. The summed E-state index contributed by atoms with van der Waals surface area (Å²) in [6.07, 6.45) is 1.17. The summed E-state index contributed by atoms with van der Waals surface area (Å²) < 4.78 is 0. The number of nitrogens with one attached hydrogen (secondary N) is 2. The lowest BCUT2D eigenvalue weighted by Crippen LogP contribution is -2.54. The van der Waals surface area contributed by atoms with Crippen molar-refractivity contribution in [1.29, 1.82) is 0 Å². The van der Waals surface area contributed by atoms with E-state index in [0.717, 1.165) is 16.7 Å². The topological polar surface area (TPSA) is 116 Å². The first-order chi connectivity index (χ1) is 17.9. The molecule has 2 heterocycles. The molecule has 3 amide bonds. The molecular formula is C29H27N3O5. The van der Waals surface area contributed by atoms with Crippen LogP contribution < -0.4 is 15.5 Å². The molecule has 0 bridgehead atoms. The molecule has 0 fully saturated rings. The smallest absolute Gasteiger partial charge is 0.327 e. The van der Waals surface area contributed by atoms with Gasteiger partial charge in [-0.3, -0.25) is 19.3 Å². The van der Waals surface area contributed by atoms with Crippen LogP contribution in [0.5, 0.6) is 0 Å². The van der Waals surface area contributed by atoms with Gasteiger partial charge >= 0.3 is 5.97 Å². The second-order valence-electron chi connectivity index (χ2n) is 9.36. The second kappa shape index (κ2) is 10.3. The zero-order valence-corrected chi connectivity index (χ0v) is 20.1. The Morgan fingerprint density at radius 2 is 1.59 bits per heavy atom. The number of aliphatic carboxylic acids is 1. The van der Waals surface area contributed by atoms with Crippen molar-refractivity contribution in [2.24, 2.45) is 0 Å². The number of nitrogens with zero attached hydrogens (tertiary/aromatic N) is 1. The molecule has 2 aliphatic rings. The zero-order chi connectivity index (χ0) is 25.9. The molecule has 0 radical (unpaired) electrons. The van der Waals surface area contributed by atoms with Gasteiger partial charge < -0.3 is 15.7 Å². The second-order valence-corrected chi connectivity index (χ2v) is 9.36. The van der Waals surface area contributed by atoms with E-state index < -0.39 is 35.9 Å². The van der Waals surface area contributed by atoms with E-state index in [1.807, 2.05) is 54.6 Å². The van der Waals surface area contributed by atoms with Crippen LogP contribution in [0, 0.1) is 0 Å². The summed E-state index contributed by atoms with van der Waals surface area (Å²) in [5, 5.41) is 15.4. The Balaban J connectivity index is 1.38. The van der Waals surface area contributed by atoms with Gasteiger partial charge in [0.05, 0.1) is 12.1 Å². The standard InChI is InChI=1S/C29H27N3O5/c33-24(16-18-8-3-1-4-9-18)31-25(19-10-5-2-6-11-19)27(34)30-22-15-14-20-12-7-13-21-17-23(29(36)37)32(26(20)21)28(22)35/h1-13,22-23,25H,14-17H2,(H,30,34)(H,31,33)(H,36,37)/t22-,23-,25-/m0/s1. The van der Waals surface area contributed by atoms with Gasteiger partial charge in [-0.2, -0.15) is 0 Å². The van der Waals surface area contributed by atoms with Gasteiger partial charge in [-0.25, -0.2) is 4.79 Å². The first-order valence-corrected chi connectivity index (χ1v) is 12.3. The van der Waals surface area contributed by atoms with Crippen molar-refractivity contribution >= 4 is 29.4 Å². The Morgan fingerprint density at radius 1 is 0.919 bits per heavy atom. The fourth-order valence-corrected chi connectivity index (χ4v) is 5.16. The lowest BCUT2D eigenvalue weighted by atomic mass is 10.0. The zero-order valence-electron chi connectivity index (χ0n) is 20.1. The largest absolute Gasteiger partial charge is 0.480 e. The third-order valence-corrected chi connectivity index (χ3v) is 6.92. The van der Waals surface area contributed by atoms with Crippen LogP contribution in [0.15, 0.2) is 78.9 Å². The monoisotopic (exact) mass is 497 g/mol. The number of hydrogen-bond acceptors (Lipinski definition) is 4. The number of para-hydroxylation sites is 1. The molecule has 0 saturated carbocycles. The normalized spacial score (nSPS) is 18.9. The van der Waals surface area contributed by atoms with Crippen LogP contribution in [0.3, 0.4) is 0 Å². The van der Waals surface area contributed by atoms with Gasteiger partial charge in [0.15, 0.2) is 0 Å². The number of aryl methyl sites for hydroxylation is 1. The van der Waals surface area contributed by atoms with Gasteiger partial charge in [0.1, 0.15) is 18.1 Å². The summed E-state index contributed by atoms with van der Waals surface area (Å²) in [5.74, 6) is -2.39. The van der Waals surface area contributed by atoms with Gasteiger partial charge in [-0.05, 0) is 35.1 Å². The number of carbonyl (C=O) groups excluding carboxylic acids is 3. The Labute approximate surface area is 214 Å². The molecule has 0 unspecified atom stereocenters. The number of anilines is 1. The highest BCUT2D eigenvalue weighted by molar-refractivity contribution is 6.07. The first-order valence-electron chi connectivity index (χ1n) is 12.3. The lowest BCUT2D eigenvalue weighted by molar-refractivity contribution is -0.140. The highest BCUT2D eigenvalue weighted by atomic mass is 16.4. The molecule has 2 aliphatic heterocycles. The van der Waals surface area contributed by atoms with Gasteiger partial charge in [0, 0.05) is 6.42 Å². The number of amides is 3. The van der Waals surface area contributed by atoms with E-state index in [2.05, 4.69) is 10.6 Å². The molecule has 3 aromatic carbocycles. The molecular weight excluding hydrogens is 470 g/mol. The van der Waals surface area contributed by atoms with E-state index in [1.54, 1.807) is 24.3 Å². The minimum atomic E-state index is -1.09. The summed E-state index contributed by atoms with van der Waals surface area (Å²) >= 11 is 0. The molecule has 0 aliphatic carbocycles. The summed E-state index contributed by atoms with van der Waals surface area (Å²) in [7, 11) is 0. The molecule has 0 saturated heterocycles. The Bertz CT molecular complexity index is 1340. The minimum absolute atomic E-state index is 0.103. The lowest BCUT2D eigenvalue weighted by Gasteiger charge is -2.27. The Morgan fingerprint density at radius 3 is 2.30 bits per heavy atom. The number of carboxylic acid groups (broad SMARTS) is 1. The average Bonchev–Trinajstić information content (AvgIpc) is 3.25. The molecule has 188 valence electrons. The average molecular weight is 498 g/mol. The van der Waals surface area contributed by atoms with E-state index in [4.69, 9.17) is 0 Å². The first kappa shape index (κ1) is 24.2. The third-order valence-electron chi connectivity index (χ3n) is 6.92. The van der Waals surface area contributed by atoms with Crippen molar-refractivity contribution in [3.63, 3.8) is 0 Å².